The van der Waals surface area contributed by atoms with E-state index in [2.05, 4.69) is 4.98 Å². The molecule has 0 amide bonds. The van der Waals surface area contributed by atoms with Crippen molar-refractivity contribution < 1.29 is 30.1 Å². The Labute approximate surface area is 159 Å². The summed E-state index contributed by atoms with van der Waals surface area (Å²) in [5.74, 6) is 0.108. The number of aliphatic hydroxyl groups excluding tert-OH is 1. The summed E-state index contributed by atoms with van der Waals surface area (Å²) in [5, 5.41) is 40.0. The molecule has 1 unspecified atom stereocenters. The largest absolute Gasteiger partial charge is 0.594 e. The van der Waals surface area contributed by atoms with Crippen LogP contribution in [0.25, 0.3) is 0 Å². The molecule has 2 aliphatic heterocycles. The molecule has 0 saturated carbocycles. The summed E-state index contributed by atoms with van der Waals surface area (Å²) in [4.78, 5) is 2.70. The summed E-state index contributed by atoms with van der Waals surface area (Å²) < 4.78 is 12.5. The van der Waals surface area contributed by atoms with Gasteiger partial charge in [-0.05, 0) is 58.9 Å². The Bertz CT molecular complexity index is 657. The number of hydrogen-bond acceptors (Lipinski definition) is 6. The van der Waals surface area contributed by atoms with Crippen molar-refractivity contribution in [1.29, 1.82) is 0 Å². The monoisotopic (exact) mass is 384 g/mol. The average Bonchev–Trinajstić information content (AvgIpc) is 3.26. The van der Waals surface area contributed by atoms with E-state index in [0.717, 1.165) is 24.8 Å². The molecule has 0 aromatic carbocycles. The fraction of sp³-hybridized carbons (Fsp3) is 0.789. The zero-order valence-corrected chi connectivity index (χ0v) is 16.5. The minimum absolute atomic E-state index is 0.108. The van der Waals surface area contributed by atoms with E-state index in [9.17, 15) is 15.4 Å². The Morgan fingerprint density at radius 3 is 2.59 bits per heavy atom. The Balaban J connectivity index is 1.63. The minimum atomic E-state index is -1.02. The second-order valence-electron chi connectivity index (χ2n) is 9.02. The molecule has 154 valence electrons. The van der Waals surface area contributed by atoms with E-state index in [1.54, 1.807) is 20.0 Å². The van der Waals surface area contributed by atoms with E-state index in [-0.39, 0.29) is 18.0 Å². The van der Waals surface area contributed by atoms with Gasteiger partial charge < -0.3 is 29.9 Å². The van der Waals surface area contributed by atoms with Crippen molar-refractivity contribution in [3.05, 3.63) is 23.0 Å². The highest BCUT2D eigenvalue weighted by Gasteiger charge is 2.53. The Kier molecular flexibility index (Phi) is 5.46. The van der Waals surface area contributed by atoms with Crippen LogP contribution in [0.1, 0.15) is 58.9 Å². The van der Waals surface area contributed by atoms with E-state index in [0.29, 0.717) is 12.8 Å². The zero-order valence-electron chi connectivity index (χ0n) is 16.5. The van der Waals surface area contributed by atoms with E-state index in [4.69, 9.17) is 14.7 Å². The molecule has 1 aromatic rings. The second-order valence-corrected chi connectivity index (χ2v) is 9.02. The van der Waals surface area contributed by atoms with E-state index >= 15 is 0 Å². The number of aliphatic hydroxyl groups is 2. The lowest BCUT2D eigenvalue weighted by Crippen LogP contribution is -2.99. The van der Waals surface area contributed by atoms with Gasteiger partial charge in [-0.2, -0.15) is 5.23 Å². The highest BCUT2D eigenvalue weighted by atomic mass is 16.8. The van der Waals surface area contributed by atoms with Gasteiger partial charge in [0.25, 0.3) is 0 Å². The summed E-state index contributed by atoms with van der Waals surface area (Å²) in [6.07, 6.45) is 3.85. The number of hydrogen-bond donors (Lipinski definition) is 5. The first-order valence-corrected chi connectivity index (χ1v) is 9.60. The maximum absolute atomic E-state index is 11.0. The van der Waals surface area contributed by atoms with Crippen molar-refractivity contribution in [2.45, 2.75) is 94.9 Å². The number of quaternary nitrogens is 1. The Morgan fingerprint density at radius 1 is 1.33 bits per heavy atom. The third-order valence-corrected chi connectivity index (χ3v) is 6.21. The molecule has 8 nitrogen and oxygen atoms in total. The van der Waals surface area contributed by atoms with Gasteiger partial charge in [0.05, 0.1) is 35.1 Å². The maximum Gasteiger partial charge on any atom is 0.237 e. The molecule has 1 aromatic heterocycles. The lowest BCUT2D eigenvalue weighted by molar-refractivity contribution is -0.993. The molecule has 6 atom stereocenters. The highest BCUT2D eigenvalue weighted by molar-refractivity contribution is 5.27. The fourth-order valence-corrected chi connectivity index (χ4v) is 4.25. The Hall–Kier alpha value is -1.00. The van der Waals surface area contributed by atoms with Gasteiger partial charge in [-0.15, -0.1) is 0 Å². The SMILES string of the molecule is CC(C)(O)[C@H]1CC[C@@](C)([C@H]2CC[C@](C)([C@@H](O)Cc3c[nH]c([NH+]([O-])O)c3)O2)O1. The number of ether oxygens (including phenoxy) is 2. The zero-order chi connectivity index (χ0) is 20.0. The van der Waals surface area contributed by atoms with E-state index in [1.807, 2.05) is 13.8 Å². The van der Waals surface area contributed by atoms with Gasteiger partial charge in [-0.1, -0.05) is 0 Å². The van der Waals surface area contributed by atoms with Crippen LogP contribution < -0.4 is 5.23 Å². The third-order valence-electron chi connectivity index (χ3n) is 6.21. The van der Waals surface area contributed by atoms with Crippen LogP contribution >= 0.6 is 0 Å². The number of nitrogens with one attached hydrogen (secondary N) is 2. The topological polar surface area (TPSA) is 122 Å². The van der Waals surface area contributed by atoms with Crippen molar-refractivity contribution in [1.82, 2.24) is 4.98 Å². The lowest BCUT2D eigenvalue weighted by Gasteiger charge is -2.36. The molecule has 5 N–H and O–H groups in total. The first-order valence-electron chi connectivity index (χ1n) is 9.60. The molecule has 3 heterocycles. The van der Waals surface area contributed by atoms with Crippen LogP contribution in [0.4, 0.5) is 5.82 Å². The summed E-state index contributed by atoms with van der Waals surface area (Å²) in [7, 11) is 0. The molecule has 2 fully saturated rings. The summed E-state index contributed by atoms with van der Waals surface area (Å²) in [6, 6.07) is 1.54. The number of H-pyrrole nitrogens is 1. The average molecular weight is 384 g/mol. The van der Waals surface area contributed by atoms with Crippen molar-refractivity contribution >= 4 is 5.82 Å². The first-order chi connectivity index (χ1) is 12.4. The molecule has 0 bridgehead atoms. The molecule has 3 rings (SSSR count). The quantitative estimate of drug-likeness (QED) is 0.466. The number of aromatic nitrogens is 1. The van der Waals surface area contributed by atoms with Gasteiger partial charge in [-0.25, -0.2) is 5.21 Å². The van der Waals surface area contributed by atoms with Gasteiger partial charge in [-0.3, -0.25) is 0 Å². The smallest absolute Gasteiger partial charge is 0.237 e. The van der Waals surface area contributed by atoms with Crippen molar-refractivity contribution in [2.75, 3.05) is 0 Å². The van der Waals surface area contributed by atoms with Gasteiger partial charge in [0.2, 0.25) is 5.82 Å². The Morgan fingerprint density at radius 2 is 2.04 bits per heavy atom. The fourth-order valence-electron chi connectivity index (χ4n) is 4.25. The van der Waals surface area contributed by atoms with Crippen LogP contribution in [0.2, 0.25) is 0 Å². The first kappa shape index (κ1) is 20.7. The number of rotatable bonds is 6. The van der Waals surface area contributed by atoms with Crippen LogP contribution in [0.15, 0.2) is 12.3 Å². The second kappa shape index (κ2) is 7.11. The molecule has 2 aliphatic rings. The lowest BCUT2D eigenvalue weighted by atomic mass is 9.89. The van der Waals surface area contributed by atoms with Crippen LogP contribution in [-0.2, 0) is 15.9 Å². The molecule has 8 heteroatoms. The van der Waals surface area contributed by atoms with Crippen LogP contribution in [0.5, 0.6) is 0 Å². The van der Waals surface area contributed by atoms with E-state index in [1.165, 1.54) is 6.07 Å². The van der Waals surface area contributed by atoms with E-state index < -0.39 is 28.1 Å². The molecular formula is C19H32N2O6. The van der Waals surface area contributed by atoms with Crippen LogP contribution in [0.3, 0.4) is 0 Å². The van der Waals surface area contributed by atoms with Gasteiger partial charge in [0.15, 0.2) is 0 Å². The van der Waals surface area contributed by atoms with Crippen LogP contribution in [-0.4, -0.2) is 55.5 Å². The predicted molar refractivity (Wildman–Crippen MR) is 97.6 cm³/mol. The van der Waals surface area contributed by atoms with Crippen LogP contribution in [0, 0.1) is 5.21 Å². The highest BCUT2D eigenvalue weighted by Crippen LogP contribution is 2.45. The van der Waals surface area contributed by atoms with Gasteiger partial charge in [0.1, 0.15) is 0 Å². The molecule has 2 saturated heterocycles. The van der Waals surface area contributed by atoms with Crippen molar-refractivity contribution in [3.63, 3.8) is 0 Å². The molecule has 0 spiro atoms. The summed E-state index contributed by atoms with van der Waals surface area (Å²) in [6.45, 7) is 7.44. The van der Waals surface area contributed by atoms with Crippen molar-refractivity contribution in [3.8, 4) is 0 Å². The molecule has 27 heavy (non-hydrogen) atoms. The molecule has 0 radical (unpaired) electrons. The minimum Gasteiger partial charge on any atom is -0.594 e. The van der Waals surface area contributed by atoms with Gasteiger partial charge in [0, 0.05) is 18.7 Å². The van der Waals surface area contributed by atoms with Gasteiger partial charge >= 0.3 is 0 Å². The maximum atomic E-state index is 11.0. The summed E-state index contributed by atoms with van der Waals surface area (Å²) >= 11 is 0. The number of aromatic amines is 1. The normalized spacial score (nSPS) is 36.9. The third kappa shape index (κ3) is 4.22. The molecule has 0 aliphatic carbocycles. The standard InChI is InChI=1S/C19H32N2O6/c1-17(2,23)14-5-8-19(4,26-14)15-6-7-18(3,27-15)13(22)9-12-10-16(20-11-12)21(24)25/h10-11,13-15,20-24H,5-9H2,1-4H3/t13-,14+,15+,18+,19-/m0/s1. The predicted octanol–water partition coefficient (Wildman–Crippen LogP) is 0.968. The molecular weight excluding hydrogens is 352 g/mol. The summed E-state index contributed by atoms with van der Waals surface area (Å²) in [5.41, 5.74) is -1.36. The van der Waals surface area contributed by atoms with Crippen molar-refractivity contribution in [2.24, 2.45) is 0 Å².